The highest BCUT2D eigenvalue weighted by Crippen LogP contribution is 2.50. The molecule has 0 amide bonds. The molecule has 2 bridgehead atoms. The maximum Gasteiger partial charge on any atom is 0.0621 e. The van der Waals surface area contributed by atoms with E-state index in [1.807, 2.05) is 0 Å². The second kappa shape index (κ2) is 3.47. The largest absolute Gasteiger partial charge is 0.198 e. The van der Waals surface area contributed by atoms with Crippen LogP contribution < -0.4 is 0 Å². The van der Waals surface area contributed by atoms with Crippen LogP contribution in [0.15, 0.2) is 0 Å². The third kappa shape index (κ3) is 1.35. The van der Waals surface area contributed by atoms with Gasteiger partial charge in [-0.15, -0.1) is 0 Å². The van der Waals surface area contributed by atoms with Gasteiger partial charge in [-0.05, 0) is 56.3 Å². The lowest BCUT2D eigenvalue weighted by Gasteiger charge is -2.12. The Morgan fingerprint density at radius 3 is 2.08 bits per heavy atom. The van der Waals surface area contributed by atoms with Crippen LogP contribution in [-0.2, 0) is 0 Å². The van der Waals surface area contributed by atoms with E-state index in [-0.39, 0.29) is 0 Å². The highest BCUT2D eigenvalue weighted by Gasteiger charge is 2.40. The van der Waals surface area contributed by atoms with Crippen molar-refractivity contribution in [1.29, 1.82) is 5.26 Å². The van der Waals surface area contributed by atoms with Crippen LogP contribution in [0.4, 0.5) is 0 Å². The summed E-state index contributed by atoms with van der Waals surface area (Å²) >= 11 is 0. The van der Waals surface area contributed by atoms with Gasteiger partial charge in [-0.2, -0.15) is 5.26 Å². The zero-order valence-electron chi connectivity index (χ0n) is 7.42. The Morgan fingerprint density at radius 1 is 1.00 bits per heavy atom. The van der Waals surface area contributed by atoms with Gasteiger partial charge in [0.05, 0.1) is 6.07 Å². The lowest BCUT2D eigenvalue weighted by molar-refractivity contribution is 0.453. The molecule has 0 spiro atoms. The van der Waals surface area contributed by atoms with Crippen molar-refractivity contribution in [3.05, 3.63) is 6.42 Å². The fourth-order valence-electron chi connectivity index (χ4n) is 2.88. The molecule has 0 aromatic heterocycles. The summed E-state index contributed by atoms with van der Waals surface area (Å²) in [5.41, 5.74) is 0. The second-order valence-corrected chi connectivity index (χ2v) is 4.06. The molecule has 0 aliphatic heterocycles. The van der Waals surface area contributed by atoms with E-state index >= 15 is 0 Å². The molecule has 2 fully saturated rings. The first-order valence-corrected chi connectivity index (χ1v) is 5.02. The zero-order chi connectivity index (χ0) is 8.39. The van der Waals surface area contributed by atoms with E-state index < -0.39 is 0 Å². The van der Waals surface area contributed by atoms with Crippen LogP contribution in [0.1, 0.15) is 38.5 Å². The van der Waals surface area contributed by atoms with Crippen molar-refractivity contribution >= 4 is 0 Å². The second-order valence-electron chi connectivity index (χ2n) is 4.06. The highest BCUT2D eigenvalue weighted by atomic mass is 14.5. The molecule has 2 radical (unpaired) electrons. The van der Waals surface area contributed by atoms with E-state index in [1.165, 1.54) is 25.7 Å². The molecule has 0 aromatic carbocycles. The molecule has 0 unspecified atom stereocenters. The molecule has 2 rings (SSSR count). The zero-order valence-corrected chi connectivity index (χ0v) is 7.42. The van der Waals surface area contributed by atoms with Gasteiger partial charge in [-0.25, -0.2) is 0 Å². The first kappa shape index (κ1) is 8.10. The molecule has 0 atom stereocenters. The molecule has 64 valence electrons. The third-order valence-corrected chi connectivity index (χ3v) is 3.45. The quantitative estimate of drug-likeness (QED) is 0.584. The summed E-state index contributed by atoms with van der Waals surface area (Å²) in [6, 6.07) is 2.18. The van der Waals surface area contributed by atoms with Crippen LogP contribution in [0.25, 0.3) is 0 Å². The molecule has 0 aromatic rings. The van der Waals surface area contributed by atoms with Gasteiger partial charge in [0, 0.05) is 6.42 Å². The van der Waals surface area contributed by atoms with Crippen LogP contribution in [0, 0.1) is 35.5 Å². The van der Waals surface area contributed by atoms with Gasteiger partial charge < -0.3 is 0 Å². The number of hydrogen-bond donors (Lipinski definition) is 0. The first-order chi connectivity index (χ1) is 5.92. The Bertz CT molecular complexity index is 172. The molecule has 1 heteroatoms. The molecule has 2 aliphatic carbocycles. The Kier molecular flexibility index (Phi) is 2.35. The van der Waals surface area contributed by atoms with Crippen molar-refractivity contribution in [3.8, 4) is 6.07 Å². The third-order valence-electron chi connectivity index (χ3n) is 3.45. The lowest BCUT2D eigenvalue weighted by atomic mass is 9.92. The molecule has 0 saturated heterocycles. The van der Waals surface area contributed by atoms with Crippen LogP contribution in [0.3, 0.4) is 0 Å². The molecule has 0 heterocycles. The summed E-state index contributed by atoms with van der Waals surface area (Å²) in [7, 11) is 0. The van der Waals surface area contributed by atoms with E-state index in [1.54, 1.807) is 0 Å². The van der Waals surface area contributed by atoms with E-state index in [0.29, 0.717) is 6.42 Å². The minimum absolute atomic E-state index is 0.663. The minimum Gasteiger partial charge on any atom is -0.198 e. The standard InChI is InChI=1S/C11H15N/c12-8-2-1-3-11-9-4-5-10(11)7-6-9/h9-11H,1-2,4-7H2. The molecular weight excluding hydrogens is 146 g/mol. The lowest BCUT2D eigenvalue weighted by Crippen LogP contribution is -2.06. The van der Waals surface area contributed by atoms with Gasteiger partial charge in [0.1, 0.15) is 0 Å². The minimum atomic E-state index is 0.663. The fraction of sp³-hybridized carbons (Fsp3) is 0.818. The predicted molar refractivity (Wildman–Crippen MR) is 47.0 cm³/mol. The Balaban J connectivity index is 1.78. The summed E-state index contributed by atoms with van der Waals surface area (Å²) in [5, 5.41) is 8.40. The normalized spacial score (nSPS) is 38.4. The van der Waals surface area contributed by atoms with E-state index in [0.717, 1.165) is 24.2 Å². The van der Waals surface area contributed by atoms with E-state index in [2.05, 4.69) is 12.5 Å². The number of fused-ring (bicyclic) bond motifs is 2. The average Bonchev–Trinajstić information content (AvgIpc) is 2.65. The van der Waals surface area contributed by atoms with Gasteiger partial charge >= 0.3 is 0 Å². The molecule has 2 aliphatic rings. The Labute approximate surface area is 74.8 Å². The maximum absolute atomic E-state index is 8.40. The van der Waals surface area contributed by atoms with E-state index in [4.69, 9.17) is 5.26 Å². The van der Waals surface area contributed by atoms with Crippen molar-refractivity contribution in [2.45, 2.75) is 38.5 Å². The summed E-state index contributed by atoms with van der Waals surface area (Å²) in [4.78, 5) is 0. The molecule has 0 N–H and O–H groups in total. The van der Waals surface area contributed by atoms with Crippen LogP contribution in [-0.4, -0.2) is 0 Å². The molecule has 1 nitrogen and oxygen atoms in total. The Morgan fingerprint density at radius 2 is 1.58 bits per heavy atom. The monoisotopic (exact) mass is 161 g/mol. The van der Waals surface area contributed by atoms with Crippen LogP contribution in [0.2, 0.25) is 0 Å². The van der Waals surface area contributed by atoms with Gasteiger partial charge in [0.15, 0.2) is 0 Å². The molecule has 2 saturated carbocycles. The van der Waals surface area contributed by atoms with Crippen LogP contribution >= 0.6 is 0 Å². The number of unbranched alkanes of at least 4 members (excludes halogenated alkanes) is 1. The fourth-order valence-corrected chi connectivity index (χ4v) is 2.88. The summed E-state index contributed by atoms with van der Waals surface area (Å²) in [6.07, 6.45) is 10.8. The maximum atomic E-state index is 8.40. The number of rotatable bonds is 3. The van der Waals surface area contributed by atoms with Gasteiger partial charge in [0.2, 0.25) is 0 Å². The van der Waals surface area contributed by atoms with Crippen molar-refractivity contribution in [3.63, 3.8) is 0 Å². The van der Waals surface area contributed by atoms with Crippen molar-refractivity contribution in [2.75, 3.05) is 0 Å². The van der Waals surface area contributed by atoms with Gasteiger partial charge in [-0.1, -0.05) is 0 Å². The van der Waals surface area contributed by atoms with Crippen molar-refractivity contribution in [1.82, 2.24) is 0 Å². The van der Waals surface area contributed by atoms with E-state index in [9.17, 15) is 0 Å². The SMILES string of the molecule is N#CCC[C]C1C2CCC1CC2. The smallest absolute Gasteiger partial charge is 0.0621 e. The van der Waals surface area contributed by atoms with Crippen molar-refractivity contribution < 1.29 is 0 Å². The summed E-state index contributed by atoms with van der Waals surface area (Å²) in [6.45, 7) is 0. The number of nitriles is 1. The van der Waals surface area contributed by atoms with Gasteiger partial charge in [0.25, 0.3) is 0 Å². The topological polar surface area (TPSA) is 23.8 Å². The first-order valence-electron chi connectivity index (χ1n) is 5.02. The Hall–Kier alpha value is -0.510. The summed E-state index contributed by atoms with van der Waals surface area (Å²) in [5.74, 6) is 2.64. The average molecular weight is 161 g/mol. The number of hydrogen-bond acceptors (Lipinski definition) is 1. The molecular formula is C11H15N. The number of nitrogens with zero attached hydrogens (tertiary/aromatic N) is 1. The predicted octanol–water partition coefficient (Wildman–Crippen LogP) is 2.81. The summed E-state index contributed by atoms with van der Waals surface area (Å²) < 4.78 is 0. The molecule has 12 heavy (non-hydrogen) atoms. The van der Waals surface area contributed by atoms with Crippen molar-refractivity contribution in [2.24, 2.45) is 17.8 Å². The van der Waals surface area contributed by atoms with Crippen LogP contribution in [0.5, 0.6) is 0 Å². The highest BCUT2D eigenvalue weighted by molar-refractivity contribution is 4.98. The van der Waals surface area contributed by atoms with Gasteiger partial charge in [-0.3, -0.25) is 0 Å².